The third kappa shape index (κ3) is 3.55. The van der Waals surface area contributed by atoms with E-state index in [0.29, 0.717) is 17.3 Å². The van der Waals surface area contributed by atoms with Crippen LogP contribution in [0, 0.1) is 5.82 Å². The summed E-state index contributed by atoms with van der Waals surface area (Å²) in [6.45, 7) is 2.71. The summed E-state index contributed by atoms with van der Waals surface area (Å²) in [5.41, 5.74) is 0.555. The first-order chi connectivity index (χ1) is 11.2. The molecule has 6 nitrogen and oxygen atoms in total. The van der Waals surface area contributed by atoms with Gasteiger partial charge in [-0.25, -0.2) is 4.39 Å². The lowest BCUT2D eigenvalue weighted by atomic mass is 10.2. The molecule has 2 fully saturated rings. The van der Waals surface area contributed by atoms with E-state index >= 15 is 0 Å². The van der Waals surface area contributed by atoms with Crippen LogP contribution in [0.2, 0.25) is 0 Å². The van der Waals surface area contributed by atoms with Crippen molar-refractivity contribution in [2.45, 2.75) is 38.3 Å². The van der Waals surface area contributed by atoms with Crippen molar-refractivity contribution in [1.29, 1.82) is 0 Å². The van der Waals surface area contributed by atoms with Gasteiger partial charge in [-0.2, -0.15) is 4.98 Å². The molecule has 1 atom stereocenters. The van der Waals surface area contributed by atoms with Gasteiger partial charge in [-0.05, 0) is 38.3 Å². The number of amides is 1. The number of rotatable bonds is 5. The van der Waals surface area contributed by atoms with E-state index in [4.69, 9.17) is 4.74 Å². The molecule has 23 heavy (non-hydrogen) atoms. The van der Waals surface area contributed by atoms with E-state index in [1.54, 1.807) is 0 Å². The Morgan fingerprint density at radius 3 is 2.91 bits per heavy atom. The number of pyridine rings is 1. The molecule has 0 radical (unpaired) electrons. The molecule has 0 saturated carbocycles. The van der Waals surface area contributed by atoms with Crippen molar-refractivity contribution in [3.05, 3.63) is 17.4 Å². The quantitative estimate of drug-likeness (QED) is 0.853. The second-order valence-corrected chi connectivity index (χ2v) is 6.02. The maximum absolute atomic E-state index is 14.4. The van der Waals surface area contributed by atoms with Crippen molar-refractivity contribution in [2.75, 3.05) is 31.6 Å². The fourth-order valence-electron chi connectivity index (χ4n) is 3.17. The molecule has 0 aromatic carbocycles. The Kier molecular flexibility index (Phi) is 4.95. The largest absolute Gasteiger partial charge is 0.481 e. The van der Waals surface area contributed by atoms with Crippen LogP contribution in [0.4, 0.5) is 10.2 Å². The summed E-state index contributed by atoms with van der Waals surface area (Å²) in [7, 11) is 1.51. The predicted molar refractivity (Wildman–Crippen MR) is 85.1 cm³/mol. The lowest BCUT2D eigenvalue weighted by Crippen LogP contribution is -2.40. The molecule has 126 valence electrons. The zero-order chi connectivity index (χ0) is 16.2. The Labute approximate surface area is 135 Å². The Bertz CT molecular complexity index is 569. The van der Waals surface area contributed by atoms with Crippen molar-refractivity contribution < 1.29 is 13.9 Å². The zero-order valence-corrected chi connectivity index (χ0v) is 13.4. The summed E-state index contributed by atoms with van der Waals surface area (Å²) in [6, 6.07) is 1.27. The maximum atomic E-state index is 14.4. The minimum atomic E-state index is -0.365. The summed E-state index contributed by atoms with van der Waals surface area (Å²) in [4.78, 5) is 18.3. The van der Waals surface area contributed by atoms with Crippen LogP contribution in [0.1, 0.15) is 31.2 Å². The minimum absolute atomic E-state index is 0.0615. The average molecular weight is 322 g/mol. The molecule has 3 rings (SSSR count). The number of carbonyl (C=O) groups excluding carboxylic acids is 1. The molecule has 2 aliphatic rings. The highest BCUT2D eigenvalue weighted by atomic mass is 19.1. The highest BCUT2D eigenvalue weighted by Gasteiger charge is 2.23. The number of ether oxygens (including phenoxy) is 1. The van der Waals surface area contributed by atoms with Gasteiger partial charge in [-0.15, -0.1) is 0 Å². The van der Waals surface area contributed by atoms with E-state index in [9.17, 15) is 9.18 Å². The van der Waals surface area contributed by atoms with Crippen molar-refractivity contribution in [3.63, 3.8) is 0 Å². The number of nitrogens with zero attached hydrogens (tertiary/aromatic N) is 2. The number of methoxy groups -OCH3 is 1. The molecule has 0 bridgehead atoms. The van der Waals surface area contributed by atoms with Crippen molar-refractivity contribution in [1.82, 2.24) is 15.6 Å². The van der Waals surface area contributed by atoms with Gasteiger partial charge in [0.05, 0.1) is 13.2 Å². The summed E-state index contributed by atoms with van der Waals surface area (Å²) in [5.74, 6) is 0.282. The average Bonchev–Trinajstić information content (AvgIpc) is 3.25. The zero-order valence-electron chi connectivity index (χ0n) is 13.4. The summed E-state index contributed by atoms with van der Waals surface area (Å²) < 4.78 is 19.6. The molecule has 2 saturated heterocycles. The Morgan fingerprint density at radius 1 is 1.48 bits per heavy atom. The van der Waals surface area contributed by atoms with Gasteiger partial charge in [-0.1, -0.05) is 0 Å². The number of carbonyl (C=O) groups is 1. The number of hydrogen-bond donors (Lipinski definition) is 2. The van der Waals surface area contributed by atoms with E-state index < -0.39 is 0 Å². The van der Waals surface area contributed by atoms with Crippen LogP contribution in [0.5, 0.6) is 5.88 Å². The van der Waals surface area contributed by atoms with Crippen LogP contribution in [0.15, 0.2) is 6.07 Å². The Hall–Kier alpha value is -1.89. The van der Waals surface area contributed by atoms with Crippen LogP contribution >= 0.6 is 0 Å². The molecule has 0 spiro atoms. The van der Waals surface area contributed by atoms with Crippen LogP contribution in [0.3, 0.4) is 0 Å². The summed E-state index contributed by atoms with van der Waals surface area (Å²) in [6.07, 6.45) is 3.94. The van der Waals surface area contributed by atoms with Gasteiger partial charge in [0.1, 0.15) is 0 Å². The molecule has 3 heterocycles. The number of aromatic nitrogens is 1. The number of nitrogens with one attached hydrogen (secondary N) is 2. The van der Waals surface area contributed by atoms with Gasteiger partial charge in [-0.3, -0.25) is 4.79 Å². The van der Waals surface area contributed by atoms with Gasteiger partial charge >= 0.3 is 0 Å². The highest BCUT2D eigenvalue weighted by molar-refractivity contribution is 5.82. The molecular formula is C16H23FN4O2. The summed E-state index contributed by atoms with van der Waals surface area (Å²) >= 11 is 0. The fraction of sp³-hybridized carbons (Fsp3) is 0.625. The lowest BCUT2D eigenvalue weighted by molar-refractivity contribution is -0.122. The van der Waals surface area contributed by atoms with E-state index in [-0.39, 0.29) is 24.3 Å². The van der Waals surface area contributed by atoms with Gasteiger partial charge in [0.2, 0.25) is 11.8 Å². The smallest absolute Gasteiger partial charge is 0.237 e. The van der Waals surface area contributed by atoms with Crippen molar-refractivity contribution >= 4 is 11.7 Å². The maximum Gasteiger partial charge on any atom is 0.237 e. The molecule has 1 amide bonds. The number of halogens is 1. The van der Waals surface area contributed by atoms with E-state index in [2.05, 4.69) is 15.6 Å². The van der Waals surface area contributed by atoms with Gasteiger partial charge < -0.3 is 20.3 Å². The van der Waals surface area contributed by atoms with Gasteiger partial charge in [0, 0.05) is 25.2 Å². The van der Waals surface area contributed by atoms with Crippen LogP contribution in [0.25, 0.3) is 0 Å². The molecule has 2 N–H and O–H groups in total. The predicted octanol–water partition coefficient (Wildman–Crippen LogP) is 1.20. The number of anilines is 1. The first-order valence-corrected chi connectivity index (χ1v) is 8.18. The van der Waals surface area contributed by atoms with E-state index in [1.807, 2.05) is 4.90 Å². The summed E-state index contributed by atoms with van der Waals surface area (Å²) in [5, 5.41) is 5.97. The molecule has 0 aliphatic carbocycles. The minimum Gasteiger partial charge on any atom is -0.481 e. The second-order valence-electron chi connectivity index (χ2n) is 6.02. The fourth-order valence-corrected chi connectivity index (χ4v) is 3.17. The normalized spacial score (nSPS) is 20.8. The molecule has 1 aromatic heterocycles. The Morgan fingerprint density at radius 2 is 2.26 bits per heavy atom. The molecule has 0 unspecified atom stereocenters. The molecule has 1 aromatic rings. The van der Waals surface area contributed by atoms with Crippen LogP contribution < -0.4 is 20.3 Å². The Balaban J connectivity index is 1.70. The molecule has 2 aliphatic heterocycles. The topological polar surface area (TPSA) is 66.5 Å². The monoisotopic (exact) mass is 322 g/mol. The standard InChI is InChI=1S/C16H23FN4O2/c1-23-16-11(10-19-15(22)13-5-4-6-18-13)9-12(17)14(20-16)21-7-2-3-8-21/h9,13,18H,2-8,10H2,1H3,(H,19,22)/t13-/m0/s1. The molecule has 7 heteroatoms. The molecular weight excluding hydrogens is 299 g/mol. The van der Waals surface area contributed by atoms with E-state index in [0.717, 1.165) is 45.3 Å². The number of hydrogen-bond acceptors (Lipinski definition) is 5. The third-order valence-electron chi connectivity index (χ3n) is 4.43. The lowest BCUT2D eigenvalue weighted by Gasteiger charge is -2.19. The van der Waals surface area contributed by atoms with E-state index in [1.165, 1.54) is 13.2 Å². The first-order valence-electron chi connectivity index (χ1n) is 8.18. The van der Waals surface area contributed by atoms with Crippen molar-refractivity contribution in [3.8, 4) is 5.88 Å². The van der Waals surface area contributed by atoms with Gasteiger partial charge in [0.25, 0.3) is 0 Å². The SMILES string of the molecule is COc1nc(N2CCCC2)c(F)cc1CNC(=O)[C@@H]1CCCN1. The highest BCUT2D eigenvalue weighted by Crippen LogP contribution is 2.27. The van der Waals surface area contributed by atoms with Crippen LogP contribution in [-0.4, -0.2) is 43.7 Å². The van der Waals surface area contributed by atoms with Crippen LogP contribution in [-0.2, 0) is 11.3 Å². The van der Waals surface area contributed by atoms with Crippen molar-refractivity contribution in [2.24, 2.45) is 0 Å². The first kappa shape index (κ1) is 16.0. The van der Waals surface area contributed by atoms with Gasteiger partial charge in [0.15, 0.2) is 11.6 Å². The second kappa shape index (κ2) is 7.12. The third-order valence-corrected chi connectivity index (χ3v) is 4.43.